The third-order valence-corrected chi connectivity index (χ3v) is 3.67. The van der Waals surface area contributed by atoms with E-state index in [-0.39, 0.29) is 5.91 Å². The molecule has 1 fully saturated rings. The van der Waals surface area contributed by atoms with Crippen LogP contribution in [0.15, 0.2) is 18.2 Å². The first kappa shape index (κ1) is 14.7. The van der Waals surface area contributed by atoms with Gasteiger partial charge in [0.1, 0.15) is 0 Å². The normalized spacial score (nSPS) is 16.8. The average Bonchev–Trinajstić information content (AvgIpc) is 2.88. The second-order valence-corrected chi connectivity index (χ2v) is 5.12. The van der Waals surface area contributed by atoms with Gasteiger partial charge in [0.2, 0.25) is 5.91 Å². The Labute approximate surface area is 119 Å². The predicted molar refractivity (Wildman–Crippen MR) is 78.2 cm³/mol. The highest BCUT2D eigenvalue weighted by atomic mass is 16.5. The molecule has 0 aliphatic heterocycles. The zero-order valence-electron chi connectivity index (χ0n) is 12.1. The smallest absolute Gasteiger partial charge is 0.244 e. The molecule has 0 heterocycles. The topological polar surface area (TPSA) is 73.6 Å². The maximum Gasteiger partial charge on any atom is 0.244 e. The number of benzene rings is 1. The van der Waals surface area contributed by atoms with Crippen LogP contribution in [-0.4, -0.2) is 25.2 Å². The van der Waals surface area contributed by atoms with E-state index in [9.17, 15) is 4.79 Å². The van der Waals surface area contributed by atoms with E-state index >= 15 is 0 Å². The zero-order valence-corrected chi connectivity index (χ0v) is 12.1. The number of hydrogen-bond donors (Lipinski definition) is 2. The van der Waals surface area contributed by atoms with Gasteiger partial charge in [0.15, 0.2) is 11.5 Å². The van der Waals surface area contributed by atoms with Gasteiger partial charge in [-0.15, -0.1) is 0 Å². The molecule has 1 aromatic rings. The summed E-state index contributed by atoms with van der Waals surface area (Å²) in [7, 11) is 1.59. The molecule has 0 radical (unpaired) electrons. The van der Waals surface area contributed by atoms with Gasteiger partial charge in [-0.2, -0.15) is 0 Å². The SMILES string of the molecule is CCOc1cc(NC(=O)C2(N)CCCC2)ccc1OC. The number of anilines is 1. The molecule has 2 rings (SSSR count). The number of methoxy groups -OCH3 is 1. The summed E-state index contributed by atoms with van der Waals surface area (Å²) in [6.07, 6.45) is 3.51. The highest BCUT2D eigenvalue weighted by Crippen LogP contribution is 2.32. The standard InChI is InChI=1S/C15H22N2O3/c1-3-20-13-10-11(6-7-12(13)19-2)17-14(18)15(16)8-4-5-9-15/h6-7,10H,3-5,8-9,16H2,1-2H3,(H,17,18). The predicted octanol–water partition coefficient (Wildman–Crippen LogP) is 2.30. The molecule has 0 bridgehead atoms. The van der Waals surface area contributed by atoms with Crippen LogP contribution < -0.4 is 20.5 Å². The zero-order chi connectivity index (χ0) is 14.6. The summed E-state index contributed by atoms with van der Waals surface area (Å²) in [5.74, 6) is 1.14. The Morgan fingerprint density at radius 2 is 2.05 bits per heavy atom. The molecule has 0 saturated heterocycles. The van der Waals surface area contributed by atoms with Crippen molar-refractivity contribution >= 4 is 11.6 Å². The van der Waals surface area contributed by atoms with Crippen LogP contribution in [0.3, 0.4) is 0 Å². The number of hydrogen-bond acceptors (Lipinski definition) is 4. The number of nitrogens with two attached hydrogens (primary N) is 1. The van der Waals surface area contributed by atoms with Crippen molar-refractivity contribution in [2.45, 2.75) is 38.1 Å². The molecule has 0 spiro atoms. The summed E-state index contributed by atoms with van der Waals surface area (Å²) < 4.78 is 10.7. The first-order valence-corrected chi connectivity index (χ1v) is 7.00. The van der Waals surface area contributed by atoms with Crippen LogP contribution in [0.4, 0.5) is 5.69 Å². The molecule has 1 saturated carbocycles. The Kier molecular flexibility index (Phi) is 4.49. The van der Waals surface area contributed by atoms with Crippen LogP contribution >= 0.6 is 0 Å². The second-order valence-electron chi connectivity index (χ2n) is 5.12. The number of nitrogens with one attached hydrogen (secondary N) is 1. The van der Waals surface area contributed by atoms with E-state index in [0.29, 0.717) is 23.8 Å². The van der Waals surface area contributed by atoms with Crippen LogP contribution in [0.25, 0.3) is 0 Å². The summed E-state index contributed by atoms with van der Waals surface area (Å²) in [5.41, 5.74) is 6.08. The van der Waals surface area contributed by atoms with E-state index in [0.717, 1.165) is 25.7 Å². The van der Waals surface area contributed by atoms with Crippen molar-refractivity contribution in [3.8, 4) is 11.5 Å². The fourth-order valence-corrected chi connectivity index (χ4v) is 2.51. The minimum atomic E-state index is -0.730. The highest BCUT2D eigenvalue weighted by Gasteiger charge is 2.37. The summed E-state index contributed by atoms with van der Waals surface area (Å²) in [4.78, 5) is 12.3. The summed E-state index contributed by atoms with van der Waals surface area (Å²) in [5, 5.41) is 2.87. The molecule has 0 unspecified atom stereocenters. The first-order chi connectivity index (χ1) is 9.59. The molecule has 5 heteroatoms. The highest BCUT2D eigenvalue weighted by molar-refractivity contribution is 5.98. The van der Waals surface area contributed by atoms with Gasteiger partial charge in [0.05, 0.1) is 19.3 Å². The molecule has 110 valence electrons. The van der Waals surface area contributed by atoms with Gasteiger partial charge >= 0.3 is 0 Å². The number of ether oxygens (including phenoxy) is 2. The third-order valence-electron chi connectivity index (χ3n) is 3.67. The minimum absolute atomic E-state index is 0.123. The van der Waals surface area contributed by atoms with Crippen molar-refractivity contribution in [1.82, 2.24) is 0 Å². The van der Waals surface area contributed by atoms with Gasteiger partial charge in [0, 0.05) is 11.8 Å². The lowest BCUT2D eigenvalue weighted by Gasteiger charge is -2.22. The molecule has 0 atom stereocenters. The van der Waals surface area contributed by atoms with Crippen molar-refractivity contribution < 1.29 is 14.3 Å². The van der Waals surface area contributed by atoms with E-state index in [1.807, 2.05) is 6.92 Å². The quantitative estimate of drug-likeness (QED) is 0.866. The second kappa shape index (κ2) is 6.13. The molecule has 20 heavy (non-hydrogen) atoms. The lowest BCUT2D eigenvalue weighted by molar-refractivity contribution is -0.121. The molecule has 0 aromatic heterocycles. The van der Waals surface area contributed by atoms with Crippen LogP contribution in [0.5, 0.6) is 11.5 Å². The maximum atomic E-state index is 12.3. The number of rotatable bonds is 5. The molecule has 5 nitrogen and oxygen atoms in total. The van der Waals surface area contributed by atoms with E-state index in [4.69, 9.17) is 15.2 Å². The fourth-order valence-electron chi connectivity index (χ4n) is 2.51. The van der Waals surface area contributed by atoms with Gasteiger partial charge in [-0.05, 0) is 31.9 Å². The molecule has 1 aliphatic rings. The third kappa shape index (κ3) is 3.04. The Bertz CT molecular complexity index is 482. The van der Waals surface area contributed by atoms with Crippen molar-refractivity contribution in [3.05, 3.63) is 18.2 Å². The Hall–Kier alpha value is -1.75. The van der Waals surface area contributed by atoms with Gasteiger partial charge in [0.25, 0.3) is 0 Å². The van der Waals surface area contributed by atoms with Crippen LogP contribution in [0, 0.1) is 0 Å². The summed E-state index contributed by atoms with van der Waals surface area (Å²) in [6, 6.07) is 5.33. The minimum Gasteiger partial charge on any atom is -0.493 e. The van der Waals surface area contributed by atoms with E-state index in [1.54, 1.807) is 25.3 Å². The first-order valence-electron chi connectivity index (χ1n) is 7.00. The molecule has 1 aliphatic carbocycles. The molecule has 1 amide bonds. The van der Waals surface area contributed by atoms with Crippen molar-refractivity contribution in [3.63, 3.8) is 0 Å². The van der Waals surface area contributed by atoms with Gasteiger partial charge in [-0.25, -0.2) is 0 Å². The fraction of sp³-hybridized carbons (Fsp3) is 0.533. The van der Waals surface area contributed by atoms with Gasteiger partial charge in [-0.1, -0.05) is 12.8 Å². The van der Waals surface area contributed by atoms with E-state index in [1.165, 1.54) is 0 Å². The number of carbonyl (C=O) groups excluding carboxylic acids is 1. The van der Waals surface area contributed by atoms with E-state index < -0.39 is 5.54 Å². The lowest BCUT2D eigenvalue weighted by Crippen LogP contribution is -2.48. The van der Waals surface area contributed by atoms with Crippen molar-refractivity contribution in [2.24, 2.45) is 5.73 Å². The summed E-state index contributed by atoms with van der Waals surface area (Å²) in [6.45, 7) is 2.44. The molecule has 1 aromatic carbocycles. The van der Waals surface area contributed by atoms with Crippen molar-refractivity contribution in [2.75, 3.05) is 19.0 Å². The van der Waals surface area contributed by atoms with Crippen LogP contribution in [0.1, 0.15) is 32.6 Å². The van der Waals surface area contributed by atoms with Crippen molar-refractivity contribution in [1.29, 1.82) is 0 Å². The molecular formula is C15H22N2O3. The van der Waals surface area contributed by atoms with Gasteiger partial charge < -0.3 is 20.5 Å². The number of amides is 1. The average molecular weight is 278 g/mol. The molecular weight excluding hydrogens is 256 g/mol. The molecule has 3 N–H and O–H groups in total. The summed E-state index contributed by atoms with van der Waals surface area (Å²) >= 11 is 0. The maximum absolute atomic E-state index is 12.3. The largest absolute Gasteiger partial charge is 0.493 e. The Balaban J connectivity index is 2.13. The van der Waals surface area contributed by atoms with Crippen LogP contribution in [-0.2, 0) is 4.79 Å². The Morgan fingerprint density at radius 1 is 1.35 bits per heavy atom. The number of carbonyl (C=O) groups is 1. The lowest BCUT2D eigenvalue weighted by atomic mass is 9.98. The van der Waals surface area contributed by atoms with Gasteiger partial charge in [-0.3, -0.25) is 4.79 Å². The van der Waals surface area contributed by atoms with Crippen LogP contribution in [0.2, 0.25) is 0 Å². The van der Waals surface area contributed by atoms with E-state index in [2.05, 4.69) is 5.32 Å². The Morgan fingerprint density at radius 3 is 2.65 bits per heavy atom. The monoisotopic (exact) mass is 278 g/mol.